The van der Waals surface area contributed by atoms with E-state index in [1.807, 2.05) is 0 Å². The van der Waals surface area contributed by atoms with Crippen molar-refractivity contribution >= 4 is 17.2 Å². The average molecular weight is 289 g/mol. The van der Waals surface area contributed by atoms with Gasteiger partial charge in [-0.15, -0.1) is 11.3 Å². The van der Waals surface area contributed by atoms with Gasteiger partial charge in [0.15, 0.2) is 5.69 Å². The van der Waals surface area contributed by atoms with Gasteiger partial charge in [0.05, 0.1) is 15.4 Å². The van der Waals surface area contributed by atoms with Gasteiger partial charge in [0.25, 0.3) is 5.91 Å². The van der Waals surface area contributed by atoms with E-state index in [-0.39, 0.29) is 0 Å². The minimum absolute atomic E-state index is 0.299. The maximum absolute atomic E-state index is 12.6. The fourth-order valence-electron chi connectivity index (χ4n) is 1.69. The first kappa shape index (κ1) is 13.6. The fraction of sp³-hybridized carbons (Fsp3) is 0.273. The first-order chi connectivity index (χ1) is 8.70. The number of amides is 1. The minimum Gasteiger partial charge on any atom is -0.365 e. The summed E-state index contributed by atoms with van der Waals surface area (Å²) in [5.41, 5.74) is 5.17. The number of alkyl halides is 3. The summed E-state index contributed by atoms with van der Waals surface area (Å²) < 4.78 is 38.8. The number of hydrogen-bond donors (Lipinski definition) is 1. The van der Waals surface area contributed by atoms with Gasteiger partial charge in [-0.25, -0.2) is 0 Å². The molecule has 0 saturated heterocycles. The molecule has 0 aliphatic heterocycles. The number of nitrogens with two attached hydrogens (primary N) is 1. The number of carbonyl (C=O) groups is 1. The van der Waals surface area contributed by atoms with Crippen LogP contribution in [0.5, 0.6) is 0 Å². The third-order valence-electron chi connectivity index (χ3n) is 2.56. The molecule has 0 unspecified atom stereocenters. The number of carbonyl (C=O) groups excluding carboxylic acids is 1. The molecule has 2 heterocycles. The van der Waals surface area contributed by atoms with Gasteiger partial charge < -0.3 is 5.73 Å². The summed E-state index contributed by atoms with van der Waals surface area (Å²) in [5.74, 6) is -0.591. The number of halogens is 3. The summed E-state index contributed by atoms with van der Waals surface area (Å²) in [6, 6.07) is 2.58. The molecule has 0 aliphatic carbocycles. The monoisotopic (exact) mass is 289 g/mol. The molecule has 0 aromatic carbocycles. The van der Waals surface area contributed by atoms with E-state index in [2.05, 4.69) is 5.10 Å². The van der Waals surface area contributed by atoms with E-state index >= 15 is 0 Å². The van der Waals surface area contributed by atoms with Gasteiger partial charge in [0, 0.05) is 7.05 Å². The predicted octanol–water partition coefficient (Wildman–Crippen LogP) is 2.57. The summed E-state index contributed by atoms with van der Waals surface area (Å²) in [7, 11) is 1.42. The summed E-state index contributed by atoms with van der Waals surface area (Å²) in [4.78, 5) is 12.0. The van der Waals surface area contributed by atoms with Gasteiger partial charge in [-0.05, 0) is 24.6 Å². The zero-order chi connectivity index (χ0) is 14.4. The Morgan fingerprint density at radius 3 is 2.47 bits per heavy atom. The van der Waals surface area contributed by atoms with E-state index < -0.39 is 17.8 Å². The number of primary amides is 1. The van der Waals surface area contributed by atoms with Gasteiger partial charge in [0.2, 0.25) is 0 Å². The number of thiophene rings is 1. The van der Waals surface area contributed by atoms with E-state index in [1.54, 1.807) is 13.0 Å². The Morgan fingerprint density at radius 1 is 1.42 bits per heavy atom. The smallest absolute Gasteiger partial charge is 0.365 e. The molecular formula is C11H10F3N3OS. The highest BCUT2D eigenvalue weighted by Crippen LogP contribution is 2.35. The average Bonchev–Trinajstić information content (AvgIpc) is 2.80. The van der Waals surface area contributed by atoms with E-state index in [0.717, 1.165) is 22.1 Å². The van der Waals surface area contributed by atoms with Gasteiger partial charge >= 0.3 is 6.18 Å². The van der Waals surface area contributed by atoms with E-state index in [0.29, 0.717) is 21.0 Å². The molecule has 0 radical (unpaired) electrons. The minimum atomic E-state index is -4.49. The highest BCUT2D eigenvalue weighted by atomic mass is 32.1. The van der Waals surface area contributed by atoms with Crippen LogP contribution >= 0.6 is 11.3 Å². The molecule has 0 aliphatic rings. The highest BCUT2D eigenvalue weighted by Gasteiger charge is 2.35. The molecule has 2 N–H and O–H groups in total. The molecule has 0 spiro atoms. The van der Waals surface area contributed by atoms with E-state index in [9.17, 15) is 18.0 Å². The van der Waals surface area contributed by atoms with Crippen molar-refractivity contribution in [3.05, 3.63) is 28.3 Å². The topological polar surface area (TPSA) is 60.9 Å². The predicted molar refractivity (Wildman–Crippen MR) is 64.8 cm³/mol. The second-order valence-corrected chi connectivity index (χ2v) is 5.08. The Bertz CT molecular complexity index is 642. The number of aryl methyl sites for hydroxylation is 2. The molecule has 102 valence electrons. The van der Waals surface area contributed by atoms with Crippen LogP contribution in [0.25, 0.3) is 10.6 Å². The van der Waals surface area contributed by atoms with Crippen LogP contribution in [0.2, 0.25) is 0 Å². The van der Waals surface area contributed by atoms with Crippen LogP contribution in [0.3, 0.4) is 0 Å². The Kier molecular flexibility index (Phi) is 3.13. The second-order valence-electron chi connectivity index (χ2n) is 4.02. The molecule has 8 heteroatoms. The number of rotatable bonds is 2. The van der Waals surface area contributed by atoms with Crippen molar-refractivity contribution in [2.24, 2.45) is 12.8 Å². The maximum Gasteiger partial charge on any atom is 0.435 e. The normalized spacial score (nSPS) is 11.8. The van der Waals surface area contributed by atoms with Gasteiger partial charge in [-0.2, -0.15) is 18.3 Å². The van der Waals surface area contributed by atoms with Crippen molar-refractivity contribution in [2.45, 2.75) is 13.1 Å². The van der Waals surface area contributed by atoms with Crippen molar-refractivity contribution in [3.8, 4) is 10.6 Å². The lowest BCUT2D eigenvalue weighted by molar-refractivity contribution is -0.141. The Morgan fingerprint density at radius 2 is 2.05 bits per heavy atom. The lowest BCUT2D eigenvalue weighted by Crippen LogP contribution is -2.09. The van der Waals surface area contributed by atoms with Crippen LogP contribution in [0, 0.1) is 6.92 Å². The summed E-state index contributed by atoms with van der Waals surface area (Å²) in [5, 5.41) is 3.42. The van der Waals surface area contributed by atoms with E-state index in [1.165, 1.54) is 7.05 Å². The maximum atomic E-state index is 12.6. The lowest BCUT2D eigenvalue weighted by Gasteiger charge is -1.98. The standard InChI is InChI=1S/C11H10F3N3OS/c1-5-3-7(19-9(5)10(15)18)6-4-8(11(12,13)14)16-17(6)2/h3-4H,1-2H3,(H2,15,18). The molecular weight excluding hydrogens is 279 g/mol. The van der Waals surface area contributed by atoms with Crippen molar-refractivity contribution in [2.75, 3.05) is 0 Å². The van der Waals surface area contributed by atoms with E-state index in [4.69, 9.17) is 5.73 Å². The number of aromatic nitrogens is 2. The van der Waals surface area contributed by atoms with Crippen LogP contribution in [0.1, 0.15) is 20.9 Å². The molecule has 19 heavy (non-hydrogen) atoms. The van der Waals surface area contributed by atoms with Crippen LogP contribution in [0.4, 0.5) is 13.2 Å². The lowest BCUT2D eigenvalue weighted by atomic mass is 10.2. The zero-order valence-electron chi connectivity index (χ0n) is 10.1. The number of nitrogens with zero attached hydrogens (tertiary/aromatic N) is 2. The van der Waals surface area contributed by atoms with Crippen molar-refractivity contribution in [1.29, 1.82) is 0 Å². The van der Waals surface area contributed by atoms with Crippen molar-refractivity contribution < 1.29 is 18.0 Å². The molecule has 0 atom stereocenters. The molecule has 0 saturated carbocycles. The molecule has 0 bridgehead atoms. The molecule has 2 aromatic heterocycles. The first-order valence-electron chi connectivity index (χ1n) is 5.22. The third-order valence-corrected chi connectivity index (χ3v) is 3.84. The van der Waals surface area contributed by atoms with Gasteiger partial charge in [-0.1, -0.05) is 0 Å². The summed E-state index contributed by atoms with van der Waals surface area (Å²) in [6.45, 7) is 1.68. The highest BCUT2D eigenvalue weighted by molar-refractivity contribution is 7.17. The Labute approximate surface area is 110 Å². The summed E-state index contributed by atoms with van der Waals surface area (Å²) in [6.07, 6.45) is -4.49. The van der Waals surface area contributed by atoms with Gasteiger partial charge in [0.1, 0.15) is 0 Å². The SMILES string of the molecule is Cc1cc(-c2cc(C(F)(F)F)nn2C)sc1C(N)=O. The Hall–Kier alpha value is -1.83. The molecule has 2 aromatic rings. The quantitative estimate of drug-likeness (QED) is 0.923. The number of hydrogen-bond acceptors (Lipinski definition) is 3. The zero-order valence-corrected chi connectivity index (χ0v) is 10.9. The van der Waals surface area contributed by atoms with Crippen LogP contribution in [0.15, 0.2) is 12.1 Å². The summed E-state index contributed by atoms with van der Waals surface area (Å²) >= 11 is 1.06. The first-order valence-corrected chi connectivity index (χ1v) is 6.03. The molecule has 4 nitrogen and oxygen atoms in total. The fourth-order valence-corrected chi connectivity index (χ4v) is 2.76. The van der Waals surface area contributed by atoms with Crippen molar-refractivity contribution in [3.63, 3.8) is 0 Å². The van der Waals surface area contributed by atoms with Crippen LogP contribution in [-0.4, -0.2) is 15.7 Å². The van der Waals surface area contributed by atoms with Gasteiger partial charge in [-0.3, -0.25) is 9.48 Å². The Balaban J connectivity index is 2.51. The molecule has 1 amide bonds. The molecule has 2 rings (SSSR count). The largest absolute Gasteiger partial charge is 0.435 e. The third kappa shape index (κ3) is 2.48. The molecule has 0 fully saturated rings. The second kappa shape index (κ2) is 4.37. The van der Waals surface area contributed by atoms with Crippen LogP contribution in [-0.2, 0) is 13.2 Å². The van der Waals surface area contributed by atoms with Crippen molar-refractivity contribution in [1.82, 2.24) is 9.78 Å². The van der Waals surface area contributed by atoms with Crippen LogP contribution < -0.4 is 5.73 Å².